The van der Waals surface area contributed by atoms with Gasteiger partial charge in [-0.1, -0.05) is 0 Å². The van der Waals surface area contributed by atoms with Crippen LogP contribution in [0.5, 0.6) is 0 Å². The predicted octanol–water partition coefficient (Wildman–Crippen LogP) is -2.62. The van der Waals surface area contributed by atoms with Gasteiger partial charge in [0, 0.05) is 0 Å². The van der Waals surface area contributed by atoms with Crippen molar-refractivity contribution in [1.29, 1.82) is 0 Å². The van der Waals surface area contributed by atoms with Crippen molar-refractivity contribution in [1.82, 2.24) is 0 Å². The molecule has 1 aliphatic rings. The second-order valence-electron chi connectivity index (χ2n) is 2.30. The first kappa shape index (κ1) is 7.90. The highest BCUT2D eigenvalue weighted by Crippen LogP contribution is 2.16. The van der Waals surface area contributed by atoms with Crippen LogP contribution in [0.2, 0.25) is 0 Å². The number of aliphatic hydroxyl groups is 3. The first-order valence-electron chi connectivity index (χ1n) is 3.05. The number of ether oxygens (including phenoxy) is 1. The molecule has 1 saturated heterocycles. The molecule has 1 fully saturated rings. The lowest BCUT2D eigenvalue weighted by atomic mass is 10.1. The molecule has 10 heavy (non-hydrogen) atoms. The van der Waals surface area contributed by atoms with Gasteiger partial charge in [0.2, 0.25) is 0 Å². The molecule has 1 heterocycles. The summed E-state index contributed by atoms with van der Waals surface area (Å²) in [5.41, 5.74) is 5.19. The first-order valence-corrected chi connectivity index (χ1v) is 3.05. The van der Waals surface area contributed by atoms with Crippen LogP contribution in [0.15, 0.2) is 0 Å². The fourth-order valence-corrected chi connectivity index (χ4v) is 0.928. The second kappa shape index (κ2) is 2.81. The van der Waals surface area contributed by atoms with Gasteiger partial charge in [-0.15, -0.1) is 0 Å². The third-order valence-corrected chi connectivity index (χ3v) is 1.58. The topological polar surface area (TPSA) is 95.9 Å². The van der Waals surface area contributed by atoms with Crippen LogP contribution in [-0.2, 0) is 4.74 Å². The SMILES string of the molecule is NC1O[C@@H](CO)[C@H](O)[C@H]1O. The van der Waals surface area contributed by atoms with Gasteiger partial charge in [0.1, 0.15) is 24.5 Å². The minimum absolute atomic E-state index is 0.327. The van der Waals surface area contributed by atoms with Crippen molar-refractivity contribution in [2.45, 2.75) is 24.5 Å². The highest BCUT2D eigenvalue weighted by Gasteiger charge is 2.39. The van der Waals surface area contributed by atoms with E-state index in [0.29, 0.717) is 0 Å². The van der Waals surface area contributed by atoms with Gasteiger partial charge in [-0.05, 0) is 0 Å². The van der Waals surface area contributed by atoms with Crippen molar-refractivity contribution in [3.05, 3.63) is 0 Å². The first-order chi connectivity index (χ1) is 4.66. The third-order valence-electron chi connectivity index (χ3n) is 1.58. The summed E-state index contributed by atoms with van der Waals surface area (Å²) in [6.07, 6.45) is -3.78. The van der Waals surface area contributed by atoms with Gasteiger partial charge in [0.05, 0.1) is 6.61 Å². The van der Waals surface area contributed by atoms with E-state index in [-0.39, 0.29) is 6.61 Å². The Bertz CT molecular complexity index is 120. The van der Waals surface area contributed by atoms with Gasteiger partial charge in [0.15, 0.2) is 0 Å². The normalized spacial score (nSPS) is 48.0. The van der Waals surface area contributed by atoms with Crippen LogP contribution < -0.4 is 5.73 Å². The van der Waals surface area contributed by atoms with E-state index in [1.54, 1.807) is 0 Å². The van der Waals surface area contributed by atoms with Gasteiger partial charge in [-0.25, -0.2) is 0 Å². The van der Waals surface area contributed by atoms with E-state index in [4.69, 9.17) is 25.8 Å². The van der Waals surface area contributed by atoms with Crippen molar-refractivity contribution in [3.8, 4) is 0 Å². The van der Waals surface area contributed by atoms with Crippen LogP contribution in [-0.4, -0.2) is 46.5 Å². The van der Waals surface area contributed by atoms with Crippen LogP contribution in [0.25, 0.3) is 0 Å². The quantitative estimate of drug-likeness (QED) is 0.327. The lowest BCUT2D eigenvalue weighted by Crippen LogP contribution is -2.37. The maximum atomic E-state index is 9.01. The summed E-state index contributed by atoms with van der Waals surface area (Å²) in [7, 11) is 0. The molecule has 1 aliphatic heterocycles. The fraction of sp³-hybridized carbons (Fsp3) is 1.00. The van der Waals surface area contributed by atoms with Crippen molar-refractivity contribution in [2.24, 2.45) is 5.73 Å². The van der Waals surface area contributed by atoms with E-state index < -0.39 is 24.5 Å². The Morgan fingerprint density at radius 3 is 2.10 bits per heavy atom. The molecule has 0 bridgehead atoms. The molecule has 0 spiro atoms. The Kier molecular flexibility index (Phi) is 2.22. The van der Waals surface area contributed by atoms with Gasteiger partial charge in [0.25, 0.3) is 0 Å². The molecule has 1 unspecified atom stereocenters. The van der Waals surface area contributed by atoms with Crippen LogP contribution in [0, 0.1) is 0 Å². The maximum absolute atomic E-state index is 9.01. The maximum Gasteiger partial charge on any atom is 0.135 e. The smallest absolute Gasteiger partial charge is 0.135 e. The van der Waals surface area contributed by atoms with E-state index in [9.17, 15) is 0 Å². The Morgan fingerprint density at radius 1 is 1.30 bits per heavy atom. The molecule has 0 radical (unpaired) electrons. The fourth-order valence-electron chi connectivity index (χ4n) is 0.928. The third kappa shape index (κ3) is 1.14. The zero-order valence-corrected chi connectivity index (χ0v) is 5.34. The highest BCUT2D eigenvalue weighted by atomic mass is 16.6. The van der Waals surface area contributed by atoms with Crippen molar-refractivity contribution >= 4 is 0 Å². The molecular weight excluding hydrogens is 138 g/mol. The summed E-state index contributed by atoms with van der Waals surface area (Å²) in [5, 5.41) is 26.5. The predicted molar refractivity (Wildman–Crippen MR) is 31.9 cm³/mol. The van der Waals surface area contributed by atoms with Crippen LogP contribution in [0.4, 0.5) is 0 Å². The van der Waals surface area contributed by atoms with Gasteiger partial charge in [-0.3, -0.25) is 0 Å². The minimum atomic E-state index is -1.09. The Morgan fingerprint density at radius 2 is 1.90 bits per heavy atom. The molecule has 4 atom stereocenters. The molecule has 0 aromatic rings. The summed E-state index contributed by atoms with van der Waals surface area (Å²) in [6, 6.07) is 0. The second-order valence-corrected chi connectivity index (χ2v) is 2.30. The minimum Gasteiger partial charge on any atom is -0.394 e. The van der Waals surface area contributed by atoms with E-state index in [1.807, 2.05) is 0 Å². The number of hydrogen-bond acceptors (Lipinski definition) is 5. The zero-order chi connectivity index (χ0) is 7.72. The number of hydrogen-bond donors (Lipinski definition) is 4. The lowest BCUT2D eigenvalue weighted by molar-refractivity contribution is -0.0200. The van der Waals surface area contributed by atoms with Gasteiger partial charge < -0.3 is 25.8 Å². The molecule has 5 nitrogen and oxygen atoms in total. The molecule has 0 saturated carbocycles. The van der Waals surface area contributed by atoms with Crippen LogP contribution in [0.1, 0.15) is 0 Å². The van der Waals surface area contributed by atoms with Crippen LogP contribution in [0.3, 0.4) is 0 Å². The van der Waals surface area contributed by atoms with Gasteiger partial charge >= 0.3 is 0 Å². The van der Waals surface area contributed by atoms with Crippen molar-refractivity contribution in [3.63, 3.8) is 0 Å². The van der Waals surface area contributed by atoms with Gasteiger partial charge in [-0.2, -0.15) is 0 Å². The van der Waals surface area contributed by atoms with E-state index >= 15 is 0 Å². The van der Waals surface area contributed by atoms with E-state index in [0.717, 1.165) is 0 Å². The molecule has 0 amide bonds. The molecule has 0 aliphatic carbocycles. The Hall–Kier alpha value is -0.200. The number of aliphatic hydroxyl groups excluding tert-OH is 3. The number of nitrogens with two attached hydrogens (primary N) is 1. The average molecular weight is 149 g/mol. The summed E-state index contributed by atoms with van der Waals surface area (Å²) in [5.74, 6) is 0. The highest BCUT2D eigenvalue weighted by molar-refractivity contribution is 4.86. The summed E-state index contributed by atoms with van der Waals surface area (Å²) >= 11 is 0. The lowest BCUT2D eigenvalue weighted by Gasteiger charge is -2.09. The largest absolute Gasteiger partial charge is 0.394 e. The Labute approximate surface area is 58.0 Å². The summed E-state index contributed by atoms with van der Waals surface area (Å²) < 4.78 is 4.76. The van der Waals surface area contributed by atoms with E-state index in [2.05, 4.69) is 0 Å². The standard InChI is InChI=1S/C5H11NO4/c6-5-4(9)3(8)2(1-7)10-5/h2-5,7-9H,1,6H2/t2-,3-,4+,5?/m0/s1. The summed E-state index contributed by atoms with van der Waals surface area (Å²) in [6.45, 7) is -0.327. The molecule has 5 N–H and O–H groups in total. The monoisotopic (exact) mass is 149 g/mol. The molecular formula is C5H11NO4. The zero-order valence-electron chi connectivity index (χ0n) is 5.34. The molecule has 60 valence electrons. The van der Waals surface area contributed by atoms with Crippen LogP contribution >= 0.6 is 0 Å². The number of rotatable bonds is 1. The molecule has 0 aromatic heterocycles. The van der Waals surface area contributed by atoms with E-state index in [1.165, 1.54) is 0 Å². The van der Waals surface area contributed by atoms with Crippen molar-refractivity contribution in [2.75, 3.05) is 6.61 Å². The Balaban J connectivity index is 2.53. The van der Waals surface area contributed by atoms with Crippen molar-refractivity contribution < 1.29 is 20.1 Å². The molecule has 5 heteroatoms. The summed E-state index contributed by atoms with van der Waals surface area (Å²) in [4.78, 5) is 0. The average Bonchev–Trinajstić information content (AvgIpc) is 2.17. The molecule has 1 rings (SSSR count). The molecule has 0 aromatic carbocycles.